The first-order chi connectivity index (χ1) is 9.36. The average molecular weight is 284 g/mol. The Morgan fingerprint density at radius 1 is 1.40 bits per heavy atom. The number of hydrogen-bond acceptors (Lipinski definition) is 3. The lowest BCUT2D eigenvalue weighted by Gasteiger charge is -2.51. The third kappa shape index (κ3) is 2.75. The van der Waals surface area contributed by atoms with E-state index in [0.717, 1.165) is 12.8 Å². The van der Waals surface area contributed by atoms with Gasteiger partial charge in [0.15, 0.2) is 0 Å². The van der Waals surface area contributed by atoms with Gasteiger partial charge in [-0.25, -0.2) is 4.79 Å². The molecule has 2 amide bonds. The summed E-state index contributed by atoms with van der Waals surface area (Å²) in [5.41, 5.74) is -0.0770. The van der Waals surface area contributed by atoms with E-state index in [0.29, 0.717) is 19.5 Å². The zero-order valence-corrected chi connectivity index (χ0v) is 12.4. The van der Waals surface area contributed by atoms with Gasteiger partial charge in [0.1, 0.15) is 0 Å². The number of amides is 2. The van der Waals surface area contributed by atoms with E-state index in [-0.39, 0.29) is 23.6 Å². The van der Waals surface area contributed by atoms with Crippen molar-refractivity contribution in [2.75, 3.05) is 20.2 Å². The number of piperidine rings is 1. The molecule has 2 rings (SSSR count). The lowest BCUT2D eigenvalue weighted by molar-refractivity contribution is -0.143. The van der Waals surface area contributed by atoms with Crippen molar-refractivity contribution in [3.63, 3.8) is 0 Å². The maximum absolute atomic E-state index is 12.2. The number of likely N-dealkylation sites (tertiary alicyclic amines) is 1. The number of nitrogens with one attached hydrogen (secondary N) is 1. The fraction of sp³-hybridized carbons (Fsp3) is 0.857. The molecule has 0 spiro atoms. The highest BCUT2D eigenvalue weighted by atomic mass is 16.5. The minimum absolute atomic E-state index is 0.0770. The molecule has 3 unspecified atom stereocenters. The number of hydrogen-bond donors (Lipinski definition) is 2. The van der Waals surface area contributed by atoms with E-state index < -0.39 is 11.9 Å². The molecule has 1 saturated carbocycles. The van der Waals surface area contributed by atoms with Crippen molar-refractivity contribution in [1.29, 1.82) is 0 Å². The summed E-state index contributed by atoms with van der Waals surface area (Å²) in [5.74, 6) is -1.25. The van der Waals surface area contributed by atoms with Crippen LogP contribution in [0.1, 0.15) is 33.1 Å². The van der Waals surface area contributed by atoms with Gasteiger partial charge in [-0.2, -0.15) is 0 Å². The van der Waals surface area contributed by atoms with E-state index >= 15 is 0 Å². The number of carbonyl (C=O) groups excluding carboxylic acids is 1. The minimum Gasteiger partial charge on any atom is -0.481 e. The van der Waals surface area contributed by atoms with Crippen LogP contribution in [0, 0.1) is 11.3 Å². The van der Waals surface area contributed by atoms with Gasteiger partial charge in [-0.1, -0.05) is 13.8 Å². The molecule has 1 aliphatic heterocycles. The summed E-state index contributed by atoms with van der Waals surface area (Å²) in [4.78, 5) is 24.9. The molecule has 3 atom stereocenters. The minimum atomic E-state index is -0.814. The van der Waals surface area contributed by atoms with Crippen molar-refractivity contribution in [3.05, 3.63) is 0 Å². The third-order valence-electron chi connectivity index (χ3n) is 4.82. The Balaban J connectivity index is 1.88. The van der Waals surface area contributed by atoms with Crippen molar-refractivity contribution in [3.8, 4) is 0 Å². The van der Waals surface area contributed by atoms with Crippen LogP contribution in [0.2, 0.25) is 0 Å². The summed E-state index contributed by atoms with van der Waals surface area (Å²) in [5, 5.41) is 12.1. The normalized spacial score (nSPS) is 32.4. The van der Waals surface area contributed by atoms with Crippen LogP contribution in [-0.4, -0.2) is 54.4 Å². The van der Waals surface area contributed by atoms with Crippen molar-refractivity contribution < 1.29 is 19.4 Å². The van der Waals surface area contributed by atoms with Crippen LogP contribution in [0.15, 0.2) is 0 Å². The maximum atomic E-state index is 12.2. The number of carbonyl (C=O) groups is 2. The maximum Gasteiger partial charge on any atom is 0.317 e. The number of ether oxygens (including phenoxy) is 1. The predicted molar refractivity (Wildman–Crippen MR) is 73.4 cm³/mol. The Hall–Kier alpha value is -1.30. The van der Waals surface area contributed by atoms with Crippen LogP contribution in [0.3, 0.4) is 0 Å². The standard InChI is InChI=1S/C14H24N2O4/c1-14(2)10(7-11(14)20-3)15-13(19)16-6-4-5-9(8-16)12(17)18/h9-11H,4-8H2,1-3H3,(H,15,19)(H,17,18). The molecule has 1 heterocycles. The second-order valence-electron chi connectivity index (χ2n) is 6.41. The lowest BCUT2D eigenvalue weighted by Crippen LogP contribution is -2.63. The number of urea groups is 1. The van der Waals surface area contributed by atoms with Crippen LogP contribution >= 0.6 is 0 Å². The molecule has 0 radical (unpaired) electrons. The Morgan fingerprint density at radius 3 is 2.65 bits per heavy atom. The average Bonchev–Trinajstić information content (AvgIpc) is 2.42. The summed E-state index contributed by atoms with van der Waals surface area (Å²) in [6.45, 7) is 5.09. The smallest absolute Gasteiger partial charge is 0.317 e. The van der Waals surface area contributed by atoms with Gasteiger partial charge >= 0.3 is 12.0 Å². The Morgan fingerprint density at radius 2 is 2.10 bits per heavy atom. The Kier molecular flexibility index (Phi) is 4.22. The molecule has 0 aromatic rings. The molecule has 2 aliphatic rings. The van der Waals surface area contributed by atoms with E-state index in [4.69, 9.17) is 9.84 Å². The van der Waals surface area contributed by atoms with E-state index in [9.17, 15) is 9.59 Å². The lowest BCUT2D eigenvalue weighted by atomic mass is 9.64. The molecule has 20 heavy (non-hydrogen) atoms. The second kappa shape index (κ2) is 5.60. The summed E-state index contributed by atoms with van der Waals surface area (Å²) in [6.07, 6.45) is 2.38. The quantitative estimate of drug-likeness (QED) is 0.819. The fourth-order valence-corrected chi connectivity index (χ4v) is 3.13. The van der Waals surface area contributed by atoms with Crippen molar-refractivity contribution >= 4 is 12.0 Å². The third-order valence-corrected chi connectivity index (χ3v) is 4.82. The van der Waals surface area contributed by atoms with Gasteiger partial charge < -0.3 is 20.1 Å². The zero-order valence-electron chi connectivity index (χ0n) is 12.4. The van der Waals surface area contributed by atoms with E-state index in [1.54, 1.807) is 12.0 Å². The van der Waals surface area contributed by atoms with Crippen molar-refractivity contribution in [2.45, 2.75) is 45.3 Å². The number of methoxy groups -OCH3 is 1. The van der Waals surface area contributed by atoms with Gasteiger partial charge in [-0.05, 0) is 19.3 Å². The van der Waals surface area contributed by atoms with Crippen LogP contribution in [0.25, 0.3) is 0 Å². The highest BCUT2D eigenvalue weighted by Crippen LogP contribution is 2.42. The largest absolute Gasteiger partial charge is 0.481 e. The summed E-state index contributed by atoms with van der Waals surface area (Å²) in [6, 6.07) is -0.0614. The van der Waals surface area contributed by atoms with E-state index in [2.05, 4.69) is 19.2 Å². The van der Waals surface area contributed by atoms with Gasteiger partial charge in [0.05, 0.1) is 12.0 Å². The molecule has 0 aromatic carbocycles. The molecule has 6 nitrogen and oxygen atoms in total. The first-order valence-corrected chi connectivity index (χ1v) is 7.17. The molecule has 1 saturated heterocycles. The summed E-state index contributed by atoms with van der Waals surface area (Å²) >= 11 is 0. The Labute approximate surface area is 119 Å². The molecule has 1 aliphatic carbocycles. The number of rotatable bonds is 3. The van der Waals surface area contributed by atoms with Gasteiger partial charge in [0.25, 0.3) is 0 Å². The van der Waals surface area contributed by atoms with Crippen molar-refractivity contribution in [2.24, 2.45) is 11.3 Å². The second-order valence-corrected chi connectivity index (χ2v) is 6.41. The first kappa shape index (κ1) is 15.1. The molecule has 0 aromatic heterocycles. The predicted octanol–water partition coefficient (Wildman–Crippen LogP) is 1.31. The number of carboxylic acid groups (broad SMARTS) is 1. The molecule has 0 bridgehead atoms. The molecule has 2 N–H and O–H groups in total. The topological polar surface area (TPSA) is 78.9 Å². The number of aliphatic carboxylic acids is 1. The van der Waals surface area contributed by atoms with Crippen LogP contribution in [0.5, 0.6) is 0 Å². The SMILES string of the molecule is COC1CC(NC(=O)N2CCCC(C(=O)O)C2)C1(C)C. The Bertz CT molecular complexity index is 397. The molecular weight excluding hydrogens is 260 g/mol. The van der Waals surface area contributed by atoms with Gasteiger partial charge in [0.2, 0.25) is 0 Å². The molecule has 6 heteroatoms. The number of carboxylic acids is 1. The first-order valence-electron chi connectivity index (χ1n) is 7.17. The highest BCUT2D eigenvalue weighted by Gasteiger charge is 2.49. The summed E-state index contributed by atoms with van der Waals surface area (Å²) in [7, 11) is 1.69. The van der Waals surface area contributed by atoms with Gasteiger partial charge in [-0.15, -0.1) is 0 Å². The van der Waals surface area contributed by atoms with E-state index in [1.807, 2.05) is 0 Å². The fourth-order valence-electron chi connectivity index (χ4n) is 3.13. The molecule has 114 valence electrons. The van der Waals surface area contributed by atoms with Gasteiger partial charge in [-0.3, -0.25) is 4.79 Å². The molecule has 2 fully saturated rings. The van der Waals surface area contributed by atoms with E-state index in [1.165, 1.54) is 0 Å². The van der Waals surface area contributed by atoms with Crippen molar-refractivity contribution in [1.82, 2.24) is 10.2 Å². The van der Waals surface area contributed by atoms with Gasteiger partial charge in [0, 0.05) is 31.7 Å². The highest BCUT2D eigenvalue weighted by molar-refractivity contribution is 5.77. The monoisotopic (exact) mass is 284 g/mol. The summed E-state index contributed by atoms with van der Waals surface area (Å²) < 4.78 is 5.36. The number of nitrogens with zero attached hydrogens (tertiary/aromatic N) is 1. The van der Waals surface area contributed by atoms with Crippen LogP contribution < -0.4 is 5.32 Å². The molecular formula is C14H24N2O4. The van der Waals surface area contributed by atoms with Crippen LogP contribution in [0.4, 0.5) is 4.79 Å². The van der Waals surface area contributed by atoms with Crippen LogP contribution in [-0.2, 0) is 9.53 Å². The zero-order chi connectivity index (χ0) is 14.9.